The van der Waals surface area contributed by atoms with Gasteiger partial charge in [-0.15, -0.1) is 0 Å². The van der Waals surface area contributed by atoms with E-state index in [0.29, 0.717) is 44.6 Å². The second kappa shape index (κ2) is 16.6. The summed E-state index contributed by atoms with van der Waals surface area (Å²) in [5.41, 5.74) is 10.7. The van der Waals surface area contributed by atoms with Crippen LogP contribution in [-0.4, -0.2) is 62.9 Å². The number of aryl methyl sites for hydroxylation is 1. The number of imide groups is 1. The fourth-order valence-corrected chi connectivity index (χ4v) is 5.94. The van der Waals surface area contributed by atoms with Gasteiger partial charge in [0.2, 0.25) is 5.91 Å². The molecule has 9 heteroatoms. The number of hydrogen-bond donors (Lipinski definition) is 3. The molecule has 0 spiro atoms. The zero-order chi connectivity index (χ0) is 33.0. The third-order valence-electron chi connectivity index (χ3n) is 8.43. The summed E-state index contributed by atoms with van der Waals surface area (Å²) in [6.45, 7) is 1.55. The topological polar surface area (TPSA) is 123 Å². The Bertz CT molecular complexity index is 1550. The Hall–Kier alpha value is -4.83. The number of hydrogen-bond acceptors (Lipinski definition) is 7. The third kappa shape index (κ3) is 8.92. The molecule has 0 aliphatic carbocycles. The molecule has 1 heterocycles. The molecule has 0 bridgehead atoms. The van der Waals surface area contributed by atoms with Crippen LogP contribution < -0.4 is 21.3 Å². The standard InChI is InChI=1S/C38H42N4O5/c1-46-38(45)42(37(44)36(39)35(29-16-7-3-8-17-29)30-18-9-4-10-19-30)33-20-12-11-15-28(33)21-22-32-25-40-31(26-47-32)24-41-34(43)23-27-13-5-2-6-14-27/h2-20,31-32,35-36,40H,21-26,39H2,1H3,(H,41,43)/t31-,32-,36+/m1/s1. The van der Waals surface area contributed by atoms with Crippen molar-refractivity contribution in [2.45, 2.75) is 43.4 Å². The Morgan fingerprint density at radius 3 is 2.09 bits per heavy atom. The van der Waals surface area contributed by atoms with Crippen molar-refractivity contribution >= 4 is 23.6 Å². The zero-order valence-electron chi connectivity index (χ0n) is 26.6. The first-order valence-corrected chi connectivity index (χ1v) is 16.0. The van der Waals surface area contributed by atoms with E-state index < -0.39 is 24.0 Å². The SMILES string of the molecule is COC(=O)N(C(=O)[C@@H](N)C(c1ccccc1)c1ccccc1)c1ccccc1CC[C@@H]1CN[C@H](CNC(=O)Cc2ccccc2)CO1. The fraction of sp³-hybridized carbons (Fsp3) is 0.289. The molecule has 4 aromatic carbocycles. The van der Waals surface area contributed by atoms with E-state index in [1.54, 1.807) is 12.1 Å². The lowest BCUT2D eigenvalue weighted by Crippen LogP contribution is -2.51. The first kappa shape index (κ1) is 33.5. The summed E-state index contributed by atoms with van der Waals surface area (Å²) in [5.74, 6) is -1.07. The molecule has 1 saturated heterocycles. The van der Waals surface area contributed by atoms with Crippen molar-refractivity contribution in [2.75, 3.05) is 31.7 Å². The molecule has 9 nitrogen and oxygen atoms in total. The van der Waals surface area contributed by atoms with Gasteiger partial charge in [-0.2, -0.15) is 0 Å². The van der Waals surface area contributed by atoms with E-state index in [1.807, 2.05) is 103 Å². The maximum atomic E-state index is 14.2. The van der Waals surface area contributed by atoms with Gasteiger partial charge in [-0.25, -0.2) is 9.69 Å². The number of nitrogens with zero attached hydrogens (tertiary/aromatic N) is 1. The number of nitrogens with two attached hydrogens (primary N) is 1. The van der Waals surface area contributed by atoms with Gasteiger partial charge in [-0.3, -0.25) is 9.59 Å². The first-order valence-electron chi connectivity index (χ1n) is 16.0. The van der Waals surface area contributed by atoms with E-state index in [9.17, 15) is 14.4 Å². The molecule has 1 fully saturated rings. The van der Waals surface area contributed by atoms with Gasteiger partial charge in [0.15, 0.2) is 0 Å². The van der Waals surface area contributed by atoms with E-state index in [4.69, 9.17) is 15.2 Å². The predicted molar refractivity (Wildman–Crippen MR) is 182 cm³/mol. The lowest BCUT2D eigenvalue weighted by molar-refractivity contribution is -0.121. The zero-order valence-corrected chi connectivity index (χ0v) is 26.6. The molecular weight excluding hydrogens is 592 g/mol. The summed E-state index contributed by atoms with van der Waals surface area (Å²) >= 11 is 0. The average Bonchev–Trinajstić information content (AvgIpc) is 3.12. The van der Waals surface area contributed by atoms with E-state index >= 15 is 0 Å². The van der Waals surface area contributed by atoms with Crippen LogP contribution in [-0.2, 0) is 31.9 Å². The second-order valence-corrected chi connectivity index (χ2v) is 11.7. The van der Waals surface area contributed by atoms with Gasteiger partial charge < -0.3 is 25.8 Å². The highest BCUT2D eigenvalue weighted by Crippen LogP contribution is 2.31. The Morgan fingerprint density at radius 1 is 0.894 bits per heavy atom. The van der Waals surface area contributed by atoms with Crippen LogP contribution in [0, 0.1) is 0 Å². The Morgan fingerprint density at radius 2 is 1.49 bits per heavy atom. The van der Waals surface area contributed by atoms with Gasteiger partial charge in [0.1, 0.15) is 0 Å². The van der Waals surface area contributed by atoms with Crippen molar-refractivity contribution in [3.05, 3.63) is 138 Å². The normalized spacial score (nSPS) is 16.7. The smallest absolute Gasteiger partial charge is 0.420 e. The molecule has 47 heavy (non-hydrogen) atoms. The average molecular weight is 635 g/mol. The number of nitrogens with one attached hydrogen (secondary N) is 2. The summed E-state index contributed by atoms with van der Waals surface area (Å²) < 4.78 is 11.3. The number of ether oxygens (including phenoxy) is 2. The molecule has 1 aliphatic rings. The third-order valence-corrected chi connectivity index (χ3v) is 8.43. The number of amides is 3. The first-order chi connectivity index (χ1) is 22.9. The Kier molecular flexibility index (Phi) is 11.9. The molecule has 3 atom stereocenters. The number of methoxy groups -OCH3 is 1. The van der Waals surface area contributed by atoms with Crippen molar-refractivity contribution in [3.8, 4) is 0 Å². The van der Waals surface area contributed by atoms with Gasteiger partial charge >= 0.3 is 6.09 Å². The van der Waals surface area contributed by atoms with E-state index in [-0.39, 0.29) is 18.1 Å². The van der Waals surface area contributed by atoms with Crippen molar-refractivity contribution in [1.29, 1.82) is 0 Å². The van der Waals surface area contributed by atoms with Gasteiger partial charge in [0, 0.05) is 25.0 Å². The summed E-state index contributed by atoms with van der Waals surface area (Å²) in [6.07, 6.45) is 0.668. The maximum absolute atomic E-state index is 14.2. The Labute approximate surface area is 276 Å². The van der Waals surface area contributed by atoms with Crippen molar-refractivity contribution in [1.82, 2.24) is 10.6 Å². The molecule has 3 amide bonds. The highest BCUT2D eigenvalue weighted by Gasteiger charge is 2.36. The predicted octanol–water partition coefficient (Wildman–Crippen LogP) is 4.59. The van der Waals surface area contributed by atoms with Crippen LogP contribution in [0.15, 0.2) is 115 Å². The quantitative estimate of drug-likeness (QED) is 0.208. The highest BCUT2D eigenvalue weighted by atomic mass is 16.5. The van der Waals surface area contributed by atoms with Crippen LogP contribution in [0.25, 0.3) is 0 Å². The lowest BCUT2D eigenvalue weighted by Gasteiger charge is -2.31. The second-order valence-electron chi connectivity index (χ2n) is 11.7. The van der Waals surface area contributed by atoms with Crippen LogP contribution >= 0.6 is 0 Å². The summed E-state index contributed by atoms with van der Waals surface area (Å²) in [5, 5.41) is 6.46. The minimum Gasteiger partial charge on any atom is -0.452 e. The van der Waals surface area contributed by atoms with Crippen molar-refractivity contribution in [3.63, 3.8) is 0 Å². The minimum atomic E-state index is -1.07. The van der Waals surface area contributed by atoms with Gasteiger partial charge in [-0.1, -0.05) is 109 Å². The number of morpholine rings is 1. The number of benzene rings is 4. The molecule has 0 radical (unpaired) electrons. The summed E-state index contributed by atoms with van der Waals surface area (Å²) in [7, 11) is 1.25. The number of rotatable bonds is 12. The van der Waals surface area contributed by atoms with Gasteiger partial charge in [0.25, 0.3) is 5.91 Å². The van der Waals surface area contributed by atoms with Crippen LogP contribution in [0.3, 0.4) is 0 Å². The van der Waals surface area contributed by atoms with Gasteiger partial charge in [0.05, 0.1) is 38.0 Å². The molecule has 0 aromatic heterocycles. The van der Waals surface area contributed by atoms with Crippen LogP contribution in [0.4, 0.5) is 10.5 Å². The molecule has 244 valence electrons. The van der Waals surface area contributed by atoms with Crippen molar-refractivity contribution in [2.24, 2.45) is 5.73 Å². The van der Waals surface area contributed by atoms with Crippen LogP contribution in [0.1, 0.15) is 34.6 Å². The molecule has 4 aromatic rings. The molecule has 4 N–H and O–H groups in total. The summed E-state index contributed by atoms with van der Waals surface area (Å²) in [6, 6.07) is 35.1. The Balaban J connectivity index is 1.23. The lowest BCUT2D eigenvalue weighted by atomic mass is 9.84. The molecule has 1 aliphatic heterocycles. The van der Waals surface area contributed by atoms with Crippen LogP contribution in [0.2, 0.25) is 0 Å². The van der Waals surface area contributed by atoms with E-state index in [2.05, 4.69) is 10.6 Å². The number of carbonyl (C=O) groups is 3. The van der Waals surface area contributed by atoms with Crippen LogP contribution in [0.5, 0.6) is 0 Å². The summed E-state index contributed by atoms with van der Waals surface area (Å²) in [4.78, 5) is 40.8. The molecule has 0 unspecified atom stereocenters. The highest BCUT2D eigenvalue weighted by molar-refractivity contribution is 6.15. The fourth-order valence-electron chi connectivity index (χ4n) is 5.94. The monoisotopic (exact) mass is 634 g/mol. The van der Waals surface area contributed by atoms with E-state index in [0.717, 1.165) is 27.2 Å². The van der Waals surface area contributed by atoms with Crippen molar-refractivity contribution < 1.29 is 23.9 Å². The maximum Gasteiger partial charge on any atom is 0.420 e. The largest absolute Gasteiger partial charge is 0.452 e. The minimum absolute atomic E-state index is 0.00867. The number of para-hydroxylation sites is 1. The molecule has 0 saturated carbocycles. The molecular formula is C38H42N4O5. The van der Waals surface area contributed by atoms with Gasteiger partial charge in [-0.05, 0) is 41.2 Å². The molecule has 5 rings (SSSR count). The van der Waals surface area contributed by atoms with E-state index in [1.165, 1.54) is 7.11 Å². The number of anilines is 1. The number of carbonyl (C=O) groups excluding carboxylic acids is 3.